The number of nitrogen functional groups attached to an aromatic ring is 1. The zero-order valence-electron chi connectivity index (χ0n) is 12.6. The number of carbonyl (C=O) groups excluding carboxylic acids is 3. The number of hydrogen-bond donors (Lipinski definition) is 2. The van der Waals surface area contributed by atoms with Crippen molar-refractivity contribution in [2.75, 3.05) is 18.9 Å². The average Bonchev–Trinajstić information content (AvgIpc) is 2.49. The summed E-state index contributed by atoms with van der Waals surface area (Å²) >= 11 is 0. The first kappa shape index (κ1) is 17.5. The quantitative estimate of drug-likeness (QED) is 0.312. The van der Waals surface area contributed by atoms with E-state index in [1.165, 1.54) is 0 Å². The third-order valence-electron chi connectivity index (χ3n) is 3.06. The molecule has 7 nitrogen and oxygen atoms in total. The summed E-state index contributed by atoms with van der Waals surface area (Å²) in [4.78, 5) is 35.6. The molecule has 3 N–H and O–H groups in total. The van der Waals surface area contributed by atoms with Gasteiger partial charge < -0.3 is 20.5 Å². The van der Waals surface area contributed by atoms with E-state index < -0.39 is 17.5 Å². The molecule has 1 aromatic rings. The van der Waals surface area contributed by atoms with E-state index in [0.29, 0.717) is 11.3 Å². The average molecular weight is 308 g/mol. The summed E-state index contributed by atoms with van der Waals surface area (Å²) in [6.45, 7) is 3.33. The highest BCUT2D eigenvalue weighted by Crippen LogP contribution is 2.22. The standard InChI is InChI=1S/C15H20N2O5/c1-3-21-13(19)15(17-10-18,14(20)22-4-2)9-11-7-5-6-8-12(11)16/h5-8,10H,3-4,9,16H2,1-2H3,(H,17,18). The number of benzene rings is 1. The molecule has 0 spiro atoms. The Balaban J connectivity index is 3.28. The fraction of sp³-hybridized carbons (Fsp3) is 0.400. The number of ether oxygens (including phenoxy) is 2. The molecule has 0 radical (unpaired) electrons. The van der Waals surface area contributed by atoms with Crippen molar-refractivity contribution >= 4 is 24.0 Å². The van der Waals surface area contributed by atoms with Crippen LogP contribution < -0.4 is 11.1 Å². The Bertz CT molecular complexity index is 526. The van der Waals surface area contributed by atoms with Gasteiger partial charge in [0.2, 0.25) is 11.9 Å². The SMILES string of the molecule is CCOC(=O)C(Cc1ccccc1N)(NC=O)C(=O)OCC. The lowest BCUT2D eigenvalue weighted by Crippen LogP contribution is -2.61. The smallest absolute Gasteiger partial charge is 0.344 e. The molecule has 0 aliphatic carbocycles. The van der Waals surface area contributed by atoms with Gasteiger partial charge in [-0.3, -0.25) is 4.79 Å². The number of rotatable bonds is 8. The van der Waals surface area contributed by atoms with Crippen molar-refractivity contribution in [2.45, 2.75) is 25.8 Å². The van der Waals surface area contributed by atoms with Crippen molar-refractivity contribution in [1.29, 1.82) is 0 Å². The zero-order valence-corrected chi connectivity index (χ0v) is 12.6. The Morgan fingerprint density at radius 2 is 1.73 bits per heavy atom. The van der Waals surface area contributed by atoms with Gasteiger partial charge in [-0.15, -0.1) is 0 Å². The number of nitrogens with two attached hydrogens (primary N) is 1. The van der Waals surface area contributed by atoms with Crippen molar-refractivity contribution in [3.8, 4) is 0 Å². The Hall–Kier alpha value is -2.57. The maximum atomic E-state index is 12.3. The summed E-state index contributed by atoms with van der Waals surface area (Å²) in [5.74, 6) is -1.77. The van der Waals surface area contributed by atoms with Crippen LogP contribution in [0.2, 0.25) is 0 Å². The topological polar surface area (TPSA) is 108 Å². The molecule has 1 aromatic carbocycles. The molecule has 22 heavy (non-hydrogen) atoms. The van der Waals surface area contributed by atoms with Gasteiger partial charge in [0.15, 0.2) is 0 Å². The second kappa shape index (κ2) is 8.02. The lowest BCUT2D eigenvalue weighted by molar-refractivity contribution is -0.167. The van der Waals surface area contributed by atoms with Crippen LogP contribution in [0.1, 0.15) is 19.4 Å². The minimum Gasteiger partial charge on any atom is -0.464 e. The molecule has 0 heterocycles. The van der Waals surface area contributed by atoms with Crippen LogP contribution in [0.5, 0.6) is 0 Å². The van der Waals surface area contributed by atoms with E-state index in [0.717, 1.165) is 0 Å². The van der Waals surface area contributed by atoms with Crippen LogP contribution in [0.15, 0.2) is 24.3 Å². The Morgan fingerprint density at radius 3 is 2.18 bits per heavy atom. The van der Waals surface area contributed by atoms with Crippen molar-refractivity contribution in [2.24, 2.45) is 0 Å². The lowest BCUT2D eigenvalue weighted by atomic mass is 9.90. The van der Waals surface area contributed by atoms with Crippen LogP contribution in [0.3, 0.4) is 0 Å². The van der Waals surface area contributed by atoms with Gasteiger partial charge in [0, 0.05) is 12.1 Å². The number of esters is 2. The molecule has 0 atom stereocenters. The van der Waals surface area contributed by atoms with E-state index in [1.54, 1.807) is 38.1 Å². The van der Waals surface area contributed by atoms with Crippen LogP contribution in [-0.2, 0) is 30.3 Å². The van der Waals surface area contributed by atoms with Crippen LogP contribution in [0.25, 0.3) is 0 Å². The number of carbonyl (C=O) groups is 3. The van der Waals surface area contributed by atoms with Crippen molar-refractivity contribution in [1.82, 2.24) is 5.32 Å². The molecular formula is C15H20N2O5. The lowest BCUT2D eigenvalue weighted by Gasteiger charge is -2.28. The first-order valence-corrected chi connectivity index (χ1v) is 6.91. The normalized spacial score (nSPS) is 10.6. The fourth-order valence-electron chi connectivity index (χ4n) is 1.99. The first-order chi connectivity index (χ1) is 10.5. The summed E-state index contributed by atoms with van der Waals surface area (Å²) in [6, 6.07) is 6.74. The molecule has 0 unspecified atom stereocenters. The molecule has 0 bridgehead atoms. The van der Waals surface area contributed by atoms with Gasteiger partial charge in [-0.2, -0.15) is 0 Å². The van der Waals surface area contributed by atoms with E-state index >= 15 is 0 Å². The Labute approximate surface area is 128 Å². The molecule has 1 amide bonds. The third kappa shape index (κ3) is 3.75. The number of hydrogen-bond acceptors (Lipinski definition) is 6. The van der Waals surface area contributed by atoms with E-state index in [1.807, 2.05) is 0 Å². The monoisotopic (exact) mass is 308 g/mol. The van der Waals surface area contributed by atoms with E-state index in [2.05, 4.69) is 5.32 Å². The molecule has 1 rings (SSSR count). The highest BCUT2D eigenvalue weighted by molar-refractivity contribution is 6.07. The van der Waals surface area contributed by atoms with E-state index in [-0.39, 0.29) is 26.0 Å². The molecule has 120 valence electrons. The van der Waals surface area contributed by atoms with Crippen LogP contribution >= 0.6 is 0 Å². The summed E-state index contributed by atoms with van der Waals surface area (Å²) in [7, 11) is 0. The van der Waals surface area contributed by atoms with Crippen LogP contribution in [-0.4, -0.2) is 37.1 Å². The van der Waals surface area contributed by atoms with Gasteiger partial charge in [-0.1, -0.05) is 18.2 Å². The van der Waals surface area contributed by atoms with Crippen molar-refractivity contribution < 1.29 is 23.9 Å². The number of nitrogens with one attached hydrogen (secondary N) is 1. The number of para-hydroxylation sites is 1. The highest BCUT2D eigenvalue weighted by atomic mass is 16.6. The summed E-state index contributed by atoms with van der Waals surface area (Å²) in [6.07, 6.45) is 0.114. The first-order valence-electron chi connectivity index (χ1n) is 6.91. The van der Waals surface area contributed by atoms with Crippen LogP contribution in [0, 0.1) is 0 Å². The molecule has 0 aliphatic heterocycles. The van der Waals surface area contributed by atoms with Gasteiger partial charge in [0.05, 0.1) is 13.2 Å². The van der Waals surface area contributed by atoms with Gasteiger partial charge in [-0.25, -0.2) is 9.59 Å². The van der Waals surface area contributed by atoms with Gasteiger partial charge in [0.25, 0.3) is 0 Å². The number of amides is 1. The predicted molar refractivity (Wildman–Crippen MR) is 79.8 cm³/mol. The summed E-state index contributed by atoms with van der Waals surface area (Å²) in [5, 5.41) is 2.26. The maximum Gasteiger partial charge on any atom is 0.344 e. The molecule has 0 saturated carbocycles. The molecule has 0 aliphatic rings. The largest absolute Gasteiger partial charge is 0.464 e. The Kier molecular flexibility index (Phi) is 6.37. The molecule has 0 aromatic heterocycles. The van der Waals surface area contributed by atoms with Crippen LogP contribution in [0.4, 0.5) is 5.69 Å². The molecular weight excluding hydrogens is 288 g/mol. The van der Waals surface area contributed by atoms with Gasteiger partial charge in [0.1, 0.15) is 0 Å². The van der Waals surface area contributed by atoms with Gasteiger partial charge in [-0.05, 0) is 25.5 Å². The third-order valence-corrected chi connectivity index (χ3v) is 3.06. The second-order valence-electron chi connectivity index (χ2n) is 4.48. The minimum atomic E-state index is -1.96. The zero-order chi connectivity index (χ0) is 16.6. The molecule has 7 heteroatoms. The predicted octanol–water partition coefficient (Wildman–Crippen LogP) is 0.422. The van der Waals surface area contributed by atoms with E-state index in [9.17, 15) is 14.4 Å². The summed E-state index contributed by atoms with van der Waals surface area (Å²) in [5.41, 5.74) is 4.82. The number of anilines is 1. The highest BCUT2D eigenvalue weighted by Gasteiger charge is 2.49. The minimum absolute atomic E-state index is 0.0603. The van der Waals surface area contributed by atoms with Crippen molar-refractivity contribution in [3.63, 3.8) is 0 Å². The summed E-state index contributed by atoms with van der Waals surface area (Å²) < 4.78 is 9.88. The maximum absolute atomic E-state index is 12.3. The Morgan fingerprint density at radius 1 is 1.18 bits per heavy atom. The fourth-order valence-corrected chi connectivity index (χ4v) is 1.99. The van der Waals surface area contributed by atoms with Crippen molar-refractivity contribution in [3.05, 3.63) is 29.8 Å². The van der Waals surface area contributed by atoms with E-state index in [4.69, 9.17) is 15.2 Å². The second-order valence-corrected chi connectivity index (χ2v) is 4.48. The molecule has 0 saturated heterocycles. The molecule has 0 fully saturated rings. The van der Waals surface area contributed by atoms with Gasteiger partial charge >= 0.3 is 11.9 Å².